The zero-order valence-electron chi connectivity index (χ0n) is 12.0. The van der Waals surface area contributed by atoms with Crippen LogP contribution in [0.25, 0.3) is 0 Å². The molecular formula is C16H14F3NO3. The summed E-state index contributed by atoms with van der Waals surface area (Å²) in [7, 11) is 0. The van der Waals surface area contributed by atoms with Crippen molar-refractivity contribution in [3.8, 4) is 11.5 Å². The zero-order valence-corrected chi connectivity index (χ0v) is 12.0. The molecule has 0 heterocycles. The Hall–Kier alpha value is -2.70. The Morgan fingerprint density at radius 1 is 1.09 bits per heavy atom. The number of anilines is 1. The van der Waals surface area contributed by atoms with E-state index in [2.05, 4.69) is 10.1 Å². The van der Waals surface area contributed by atoms with E-state index in [1.165, 1.54) is 42.5 Å². The highest BCUT2D eigenvalue weighted by Gasteiger charge is 2.06. The Morgan fingerprint density at radius 3 is 2.48 bits per heavy atom. The monoisotopic (exact) mass is 325 g/mol. The number of amides is 1. The third-order valence-electron chi connectivity index (χ3n) is 2.76. The van der Waals surface area contributed by atoms with Crippen LogP contribution in [0.1, 0.15) is 6.42 Å². The second kappa shape index (κ2) is 8.07. The van der Waals surface area contributed by atoms with Crippen LogP contribution in [0.15, 0.2) is 48.5 Å². The molecule has 0 fully saturated rings. The minimum Gasteiger partial charge on any atom is -0.493 e. The molecule has 7 heteroatoms. The highest BCUT2D eigenvalue weighted by atomic mass is 19.3. The van der Waals surface area contributed by atoms with E-state index >= 15 is 0 Å². The molecule has 23 heavy (non-hydrogen) atoms. The summed E-state index contributed by atoms with van der Waals surface area (Å²) in [6.45, 7) is -2.81. The average molecular weight is 325 g/mol. The smallest absolute Gasteiger partial charge is 0.387 e. The van der Waals surface area contributed by atoms with Gasteiger partial charge in [0.1, 0.15) is 17.3 Å². The number of ether oxygens (including phenoxy) is 2. The minimum absolute atomic E-state index is 0.00689. The van der Waals surface area contributed by atoms with E-state index in [0.29, 0.717) is 11.4 Å². The second-order valence-corrected chi connectivity index (χ2v) is 4.51. The molecule has 0 unspecified atom stereocenters. The van der Waals surface area contributed by atoms with E-state index in [1.54, 1.807) is 6.07 Å². The van der Waals surface area contributed by atoms with Gasteiger partial charge in [0.2, 0.25) is 5.91 Å². The first-order valence-corrected chi connectivity index (χ1v) is 6.76. The molecule has 1 amide bonds. The maximum absolute atomic E-state index is 12.9. The van der Waals surface area contributed by atoms with Crippen molar-refractivity contribution in [3.63, 3.8) is 0 Å². The lowest BCUT2D eigenvalue weighted by molar-refractivity contribution is -0.116. The fourth-order valence-electron chi connectivity index (χ4n) is 1.76. The van der Waals surface area contributed by atoms with Crippen molar-refractivity contribution in [2.24, 2.45) is 0 Å². The lowest BCUT2D eigenvalue weighted by Gasteiger charge is -2.08. The summed E-state index contributed by atoms with van der Waals surface area (Å²) in [6.07, 6.45) is 0.0613. The van der Waals surface area contributed by atoms with Crippen LogP contribution in [0, 0.1) is 5.82 Å². The van der Waals surface area contributed by atoms with E-state index in [4.69, 9.17) is 4.74 Å². The molecule has 2 rings (SSSR count). The van der Waals surface area contributed by atoms with E-state index in [-0.39, 0.29) is 24.7 Å². The summed E-state index contributed by atoms with van der Waals surface area (Å²) in [4.78, 5) is 11.7. The molecule has 0 atom stereocenters. The van der Waals surface area contributed by atoms with Gasteiger partial charge in [0.05, 0.1) is 13.0 Å². The number of alkyl halides is 2. The van der Waals surface area contributed by atoms with Crippen molar-refractivity contribution in [2.45, 2.75) is 13.0 Å². The Balaban J connectivity index is 1.76. The number of halogens is 3. The van der Waals surface area contributed by atoms with Gasteiger partial charge in [0, 0.05) is 11.8 Å². The van der Waals surface area contributed by atoms with Crippen molar-refractivity contribution >= 4 is 11.6 Å². The molecule has 0 saturated heterocycles. The van der Waals surface area contributed by atoms with Crippen LogP contribution in [0.2, 0.25) is 0 Å². The van der Waals surface area contributed by atoms with Crippen LogP contribution in [-0.2, 0) is 4.79 Å². The number of rotatable bonds is 7. The van der Waals surface area contributed by atoms with Gasteiger partial charge < -0.3 is 14.8 Å². The summed E-state index contributed by atoms with van der Waals surface area (Å²) >= 11 is 0. The Kier molecular flexibility index (Phi) is 5.85. The summed E-state index contributed by atoms with van der Waals surface area (Å²) in [5.41, 5.74) is 0.447. The number of carbonyl (C=O) groups is 1. The summed E-state index contributed by atoms with van der Waals surface area (Å²) in [5, 5.41) is 2.58. The molecule has 1 N–H and O–H groups in total. The molecule has 2 aromatic carbocycles. The molecule has 122 valence electrons. The topological polar surface area (TPSA) is 47.6 Å². The van der Waals surface area contributed by atoms with Crippen molar-refractivity contribution in [1.29, 1.82) is 0 Å². The number of nitrogens with one attached hydrogen (secondary N) is 1. The average Bonchev–Trinajstić information content (AvgIpc) is 2.49. The van der Waals surface area contributed by atoms with Gasteiger partial charge in [0.25, 0.3) is 0 Å². The molecule has 0 radical (unpaired) electrons. The van der Waals surface area contributed by atoms with E-state index in [9.17, 15) is 18.0 Å². The minimum atomic E-state index is -2.89. The maximum Gasteiger partial charge on any atom is 0.387 e. The van der Waals surface area contributed by atoms with Gasteiger partial charge in [0.15, 0.2) is 0 Å². The molecule has 4 nitrogen and oxygen atoms in total. The Morgan fingerprint density at radius 2 is 1.83 bits per heavy atom. The molecule has 2 aromatic rings. The lowest BCUT2D eigenvalue weighted by Crippen LogP contribution is -2.15. The van der Waals surface area contributed by atoms with E-state index in [0.717, 1.165) is 0 Å². The van der Waals surface area contributed by atoms with Gasteiger partial charge in [-0.3, -0.25) is 4.79 Å². The van der Waals surface area contributed by atoms with Crippen LogP contribution in [0.5, 0.6) is 11.5 Å². The highest BCUT2D eigenvalue weighted by molar-refractivity contribution is 5.90. The zero-order chi connectivity index (χ0) is 16.7. The lowest BCUT2D eigenvalue weighted by atomic mass is 10.3. The van der Waals surface area contributed by atoms with Crippen molar-refractivity contribution in [2.75, 3.05) is 11.9 Å². The van der Waals surface area contributed by atoms with Crippen molar-refractivity contribution in [3.05, 3.63) is 54.3 Å². The van der Waals surface area contributed by atoms with E-state index < -0.39 is 12.4 Å². The third-order valence-corrected chi connectivity index (χ3v) is 2.76. The second-order valence-electron chi connectivity index (χ2n) is 4.51. The number of hydrogen-bond donors (Lipinski definition) is 1. The highest BCUT2D eigenvalue weighted by Crippen LogP contribution is 2.18. The predicted molar refractivity (Wildman–Crippen MR) is 78.2 cm³/mol. The molecule has 0 aromatic heterocycles. The first kappa shape index (κ1) is 16.7. The van der Waals surface area contributed by atoms with Crippen molar-refractivity contribution in [1.82, 2.24) is 0 Å². The molecule has 0 spiro atoms. The Bertz CT molecular complexity index is 647. The standard InChI is InChI=1S/C16H14F3NO3/c17-11-2-1-3-14(10-11)22-9-8-15(21)20-12-4-6-13(7-5-12)23-16(18)19/h1-7,10,16H,8-9H2,(H,20,21). The molecule has 0 aliphatic carbocycles. The van der Waals surface area contributed by atoms with Crippen molar-refractivity contribution < 1.29 is 27.4 Å². The molecular weight excluding hydrogens is 311 g/mol. The number of hydrogen-bond acceptors (Lipinski definition) is 3. The molecule has 0 saturated carbocycles. The van der Waals surface area contributed by atoms with Gasteiger partial charge in [-0.25, -0.2) is 4.39 Å². The van der Waals surface area contributed by atoms with E-state index in [1.807, 2.05) is 0 Å². The number of carbonyl (C=O) groups excluding carboxylic acids is 1. The van der Waals surface area contributed by atoms with Crippen LogP contribution in [-0.4, -0.2) is 19.1 Å². The first-order valence-electron chi connectivity index (χ1n) is 6.76. The Labute approximate surface area is 130 Å². The van der Waals surface area contributed by atoms with Gasteiger partial charge in [-0.1, -0.05) is 6.07 Å². The quantitative estimate of drug-likeness (QED) is 0.841. The van der Waals surface area contributed by atoms with Gasteiger partial charge in [-0.05, 0) is 36.4 Å². The van der Waals surface area contributed by atoms with Crippen LogP contribution in [0.4, 0.5) is 18.9 Å². The molecule has 0 aliphatic heterocycles. The molecule has 0 aliphatic rings. The third kappa shape index (κ3) is 5.90. The number of benzene rings is 2. The first-order chi connectivity index (χ1) is 11.0. The maximum atomic E-state index is 12.9. The summed E-state index contributed by atoms with van der Waals surface area (Å²) < 4.78 is 46.4. The van der Waals surface area contributed by atoms with Crippen LogP contribution >= 0.6 is 0 Å². The van der Waals surface area contributed by atoms with Gasteiger partial charge >= 0.3 is 6.61 Å². The SMILES string of the molecule is O=C(CCOc1cccc(F)c1)Nc1ccc(OC(F)F)cc1. The van der Waals surface area contributed by atoms with Crippen LogP contribution in [0.3, 0.4) is 0 Å². The fraction of sp³-hybridized carbons (Fsp3) is 0.188. The predicted octanol–water partition coefficient (Wildman–Crippen LogP) is 3.83. The molecule has 0 bridgehead atoms. The van der Waals surface area contributed by atoms with Crippen LogP contribution < -0.4 is 14.8 Å². The summed E-state index contributed by atoms with van der Waals surface area (Å²) in [6, 6.07) is 11.2. The fourth-order valence-corrected chi connectivity index (χ4v) is 1.76. The van der Waals surface area contributed by atoms with Gasteiger partial charge in [-0.2, -0.15) is 8.78 Å². The van der Waals surface area contributed by atoms with Gasteiger partial charge in [-0.15, -0.1) is 0 Å². The largest absolute Gasteiger partial charge is 0.493 e. The summed E-state index contributed by atoms with van der Waals surface area (Å²) in [5.74, 6) is -0.388. The normalized spacial score (nSPS) is 10.4.